The topological polar surface area (TPSA) is 64.3 Å². The van der Waals surface area contributed by atoms with E-state index in [0.29, 0.717) is 12.6 Å². The van der Waals surface area contributed by atoms with E-state index in [1.54, 1.807) is 0 Å². The Morgan fingerprint density at radius 1 is 1.42 bits per heavy atom. The van der Waals surface area contributed by atoms with Gasteiger partial charge in [-0.25, -0.2) is 8.78 Å². The number of nitrogens with one attached hydrogen (secondary N) is 1. The van der Waals surface area contributed by atoms with Crippen LogP contribution in [0.4, 0.5) is 14.5 Å². The molecule has 1 aliphatic heterocycles. The lowest BCUT2D eigenvalue weighted by Gasteiger charge is -2.14. The van der Waals surface area contributed by atoms with Gasteiger partial charge in [-0.3, -0.25) is 4.79 Å². The van der Waals surface area contributed by atoms with Crippen LogP contribution in [0.3, 0.4) is 0 Å². The van der Waals surface area contributed by atoms with E-state index in [1.807, 2.05) is 6.92 Å². The number of anilines is 1. The maximum Gasteiger partial charge on any atom is 0.251 e. The molecule has 4 nitrogen and oxygen atoms in total. The zero-order chi connectivity index (χ0) is 14.0. The number of ether oxygens (including phenoxy) is 1. The second-order valence-corrected chi connectivity index (χ2v) is 4.70. The first-order chi connectivity index (χ1) is 8.97. The normalized spacial score (nSPS) is 22.5. The second kappa shape index (κ2) is 5.52. The van der Waals surface area contributed by atoms with Gasteiger partial charge in [0.2, 0.25) is 0 Å². The van der Waals surface area contributed by atoms with Crippen molar-refractivity contribution >= 4 is 11.6 Å². The highest BCUT2D eigenvalue weighted by Crippen LogP contribution is 2.22. The first-order valence-corrected chi connectivity index (χ1v) is 6.15. The van der Waals surface area contributed by atoms with Crippen LogP contribution in [0.1, 0.15) is 30.1 Å². The Balaban J connectivity index is 2.07. The van der Waals surface area contributed by atoms with Crippen molar-refractivity contribution in [3.8, 4) is 0 Å². The maximum atomic E-state index is 13.5. The van der Waals surface area contributed by atoms with Crippen molar-refractivity contribution in [2.75, 3.05) is 11.9 Å². The van der Waals surface area contributed by atoms with Gasteiger partial charge in [0.05, 0.1) is 23.5 Å². The zero-order valence-electron chi connectivity index (χ0n) is 10.6. The summed E-state index contributed by atoms with van der Waals surface area (Å²) in [5.41, 5.74) is 4.74. The lowest BCUT2D eigenvalue weighted by molar-refractivity contribution is 0.0636. The van der Waals surface area contributed by atoms with E-state index in [9.17, 15) is 13.6 Å². The fourth-order valence-corrected chi connectivity index (χ4v) is 2.13. The fourth-order valence-electron chi connectivity index (χ4n) is 2.13. The molecule has 0 saturated carbocycles. The molecule has 6 heteroatoms. The van der Waals surface area contributed by atoms with E-state index < -0.39 is 17.5 Å². The van der Waals surface area contributed by atoms with Gasteiger partial charge in [0.25, 0.3) is 5.91 Å². The third kappa shape index (κ3) is 3.20. The number of carbonyl (C=O) groups is 1. The molecule has 0 spiro atoms. The van der Waals surface area contributed by atoms with Crippen molar-refractivity contribution in [3.05, 3.63) is 29.3 Å². The van der Waals surface area contributed by atoms with Crippen molar-refractivity contribution in [3.63, 3.8) is 0 Å². The molecule has 1 amide bonds. The number of benzene rings is 1. The molecule has 0 bridgehead atoms. The molecule has 1 saturated heterocycles. The first kappa shape index (κ1) is 13.7. The summed E-state index contributed by atoms with van der Waals surface area (Å²) in [5, 5.41) is 2.82. The molecule has 0 radical (unpaired) electrons. The Hall–Kier alpha value is -1.69. The molecular formula is C13H16F2N2O2. The highest BCUT2D eigenvalue weighted by molar-refractivity contribution is 5.94. The number of hydrogen-bond acceptors (Lipinski definition) is 3. The van der Waals surface area contributed by atoms with E-state index in [1.165, 1.54) is 0 Å². The van der Waals surface area contributed by atoms with Crippen LogP contribution in [0.25, 0.3) is 0 Å². The number of nitrogens with two attached hydrogens (primary N) is 1. The van der Waals surface area contributed by atoms with Crippen LogP contribution in [0.5, 0.6) is 0 Å². The molecule has 1 aromatic carbocycles. The van der Waals surface area contributed by atoms with Gasteiger partial charge in [-0.15, -0.1) is 0 Å². The Labute approximate surface area is 109 Å². The highest BCUT2D eigenvalue weighted by atomic mass is 19.1. The number of amides is 1. The van der Waals surface area contributed by atoms with Crippen LogP contribution < -0.4 is 11.1 Å². The van der Waals surface area contributed by atoms with Crippen molar-refractivity contribution in [2.24, 2.45) is 5.73 Å². The third-order valence-corrected chi connectivity index (χ3v) is 3.16. The predicted molar refractivity (Wildman–Crippen MR) is 66.9 cm³/mol. The molecule has 1 heterocycles. The standard InChI is InChI=1S/C13H16F2N2O2/c1-7-2-3-8(19-7)6-17-12-4-9(13(16)18)10(14)5-11(12)15/h4-5,7-8,17H,2-3,6H2,1H3,(H2,16,18). The quantitative estimate of drug-likeness (QED) is 0.880. The maximum absolute atomic E-state index is 13.5. The van der Waals surface area contributed by atoms with Crippen LogP contribution in [0.2, 0.25) is 0 Å². The van der Waals surface area contributed by atoms with Crippen molar-refractivity contribution in [1.82, 2.24) is 0 Å². The second-order valence-electron chi connectivity index (χ2n) is 4.70. The van der Waals surface area contributed by atoms with E-state index in [4.69, 9.17) is 10.5 Å². The Morgan fingerprint density at radius 3 is 2.74 bits per heavy atom. The summed E-state index contributed by atoms with van der Waals surface area (Å²) in [7, 11) is 0. The molecule has 2 atom stereocenters. The number of hydrogen-bond donors (Lipinski definition) is 2. The minimum Gasteiger partial charge on any atom is -0.380 e. The Morgan fingerprint density at radius 2 is 2.16 bits per heavy atom. The molecular weight excluding hydrogens is 254 g/mol. The van der Waals surface area contributed by atoms with Gasteiger partial charge in [0.15, 0.2) is 0 Å². The predicted octanol–water partition coefficient (Wildman–Crippen LogP) is 2.04. The van der Waals surface area contributed by atoms with Gasteiger partial charge in [-0.1, -0.05) is 0 Å². The van der Waals surface area contributed by atoms with Crippen molar-refractivity contribution < 1.29 is 18.3 Å². The van der Waals surface area contributed by atoms with E-state index in [2.05, 4.69) is 5.32 Å². The molecule has 1 aliphatic rings. The number of halogens is 2. The van der Waals surface area contributed by atoms with Gasteiger partial charge in [0.1, 0.15) is 11.6 Å². The summed E-state index contributed by atoms with van der Waals surface area (Å²) >= 11 is 0. The lowest BCUT2D eigenvalue weighted by atomic mass is 10.1. The van der Waals surface area contributed by atoms with Crippen LogP contribution in [0.15, 0.2) is 12.1 Å². The van der Waals surface area contributed by atoms with Crippen LogP contribution in [-0.2, 0) is 4.74 Å². The molecule has 19 heavy (non-hydrogen) atoms. The van der Waals surface area contributed by atoms with E-state index in [-0.39, 0.29) is 23.5 Å². The minimum absolute atomic E-state index is 0.00326. The van der Waals surface area contributed by atoms with Crippen LogP contribution in [-0.4, -0.2) is 24.7 Å². The summed E-state index contributed by atoms with van der Waals surface area (Å²) in [6.45, 7) is 2.38. The molecule has 104 valence electrons. The van der Waals surface area contributed by atoms with Crippen LogP contribution >= 0.6 is 0 Å². The summed E-state index contributed by atoms with van der Waals surface area (Å²) in [5.74, 6) is -2.64. The first-order valence-electron chi connectivity index (χ1n) is 6.15. The molecule has 1 aromatic rings. The lowest BCUT2D eigenvalue weighted by Crippen LogP contribution is -2.21. The number of carbonyl (C=O) groups excluding carboxylic acids is 1. The molecule has 2 unspecified atom stereocenters. The van der Waals surface area contributed by atoms with Gasteiger partial charge in [0, 0.05) is 12.6 Å². The van der Waals surface area contributed by atoms with Gasteiger partial charge in [-0.2, -0.15) is 0 Å². The van der Waals surface area contributed by atoms with E-state index >= 15 is 0 Å². The molecule has 3 N–H and O–H groups in total. The monoisotopic (exact) mass is 270 g/mol. The summed E-state index contributed by atoms with van der Waals surface area (Å²) < 4.78 is 32.4. The molecule has 1 fully saturated rings. The zero-order valence-corrected chi connectivity index (χ0v) is 10.6. The van der Waals surface area contributed by atoms with Gasteiger partial charge in [-0.05, 0) is 25.8 Å². The van der Waals surface area contributed by atoms with Gasteiger partial charge >= 0.3 is 0 Å². The summed E-state index contributed by atoms with van der Waals surface area (Å²) in [4.78, 5) is 11.0. The Kier molecular flexibility index (Phi) is 3.99. The Bertz CT molecular complexity index is 494. The van der Waals surface area contributed by atoms with Crippen molar-refractivity contribution in [1.29, 1.82) is 0 Å². The summed E-state index contributed by atoms with van der Waals surface area (Å²) in [6.07, 6.45) is 2.05. The van der Waals surface area contributed by atoms with Gasteiger partial charge < -0.3 is 15.8 Å². The third-order valence-electron chi connectivity index (χ3n) is 3.16. The smallest absolute Gasteiger partial charge is 0.251 e. The van der Waals surface area contributed by atoms with Crippen molar-refractivity contribution in [2.45, 2.75) is 32.0 Å². The average molecular weight is 270 g/mol. The van der Waals surface area contributed by atoms with E-state index in [0.717, 1.165) is 18.9 Å². The highest BCUT2D eigenvalue weighted by Gasteiger charge is 2.22. The minimum atomic E-state index is -0.957. The average Bonchev–Trinajstić information content (AvgIpc) is 2.73. The molecule has 2 rings (SSSR count). The van der Waals surface area contributed by atoms with Crippen LogP contribution in [0, 0.1) is 11.6 Å². The molecule has 0 aromatic heterocycles. The SMILES string of the molecule is CC1CCC(CNc2cc(C(N)=O)c(F)cc2F)O1. The molecule has 0 aliphatic carbocycles. The fraction of sp³-hybridized carbons (Fsp3) is 0.462. The summed E-state index contributed by atoms with van der Waals surface area (Å²) in [6, 6.07) is 1.74. The largest absolute Gasteiger partial charge is 0.380 e. The number of primary amides is 1. The number of rotatable bonds is 4.